The van der Waals surface area contributed by atoms with Crippen LogP contribution in [0.1, 0.15) is 5.56 Å². The van der Waals surface area contributed by atoms with Gasteiger partial charge in [0.05, 0.1) is 25.6 Å². The summed E-state index contributed by atoms with van der Waals surface area (Å²) in [6.07, 6.45) is 1.53. The van der Waals surface area contributed by atoms with E-state index in [0.29, 0.717) is 35.7 Å². The Morgan fingerprint density at radius 1 is 1.27 bits per heavy atom. The van der Waals surface area contributed by atoms with Crippen LogP contribution in [0, 0.1) is 6.92 Å². The van der Waals surface area contributed by atoms with Gasteiger partial charge in [-0.2, -0.15) is 10.1 Å². The molecule has 0 fully saturated rings. The van der Waals surface area contributed by atoms with Crippen LogP contribution >= 0.6 is 11.6 Å². The van der Waals surface area contributed by atoms with Gasteiger partial charge in [0, 0.05) is 24.7 Å². The van der Waals surface area contributed by atoms with E-state index in [9.17, 15) is 0 Å². The Labute approximate surface area is 134 Å². The molecule has 0 radical (unpaired) electrons. The van der Waals surface area contributed by atoms with Crippen LogP contribution in [-0.2, 0) is 4.74 Å². The zero-order valence-electron chi connectivity index (χ0n) is 12.7. The molecule has 8 heteroatoms. The predicted octanol–water partition coefficient (Wildman–Crippen LogP) is 2.64. The van der Waals surface area contributed by atoms with Gasteiger partial charge in [-0.15, -0.1) is 5.10 Å². The Morgan fingerprint density at radius 2 is 2.09 bits per heavy atom. The van der Waals surface area contributed by atoms with Crippen molar-refractivity contribution in [2.75, 3.05) is 38.0 Å². The molecule has 22 heavy (non-hydrogen) atoms. The minimum Gasteiger partial charge on any atom is -0.495 e. The van der Waals surface area contributed by atoms with E-state index in [1.807, 2.05) is 13.0 Å². The SMILES string of the molecule is COCCNc1nncc(Nc2cc(C)c(Cl)cc2OC)n1. The highest BCUT2D eigenvalue weighted by Gasteiger charge is 2.09. The summed E-state index contributed by atoms with van der Waals surface area (Å²) in [6, 6.07) is 3.65. The Morgan fingerprint density at radius 3 is 2.82 bits per heavy atom. The molecule has 2 rings (SSSR count). The van der Waals surface area contributed by atoms with E-state index in [1.165, 1.54) is 6.20 Å². The highest BCUT2D eigenvalue weighted by molar-refractivity contribution is 6.31. The Kier molecular flexibility index (Phi) is 5.74. The number of aryl methyl sites for hydroxylation is 1. The first kappa shape index (κ1) is 16.3. The van der Waals surface area contributed by atoms with Crippen molar-refractivity contribution in [1.82, 2.24) is 15.2 Å². The molecule has 0 aliphatic rings. The lowest BCUT2D eigenvalue weighted by Crippen LogP contribution is -2.11. The number of aromatic nitrogens is 3. The second-order valence-corrected chi connectivity index (χ2v) is 4.92. The minimum atomic E-state index is 0.423. The first-order chi connectivity index (χ1) is 10.6. The van der Waals surface area contributed by atoms with Crippen LogP contribution in [0.15, 0.2) is 18.3 Å². The molecule has 2 N–H and O–H groups in total. The van der Waals surface area contributed by atoms with Crippen LogP contribution in [0.5, 0.6) is 5.75 Å². The van der Waals surface area contributed by atoms with Gasteiger partial charge < -0.3 is 20.1 Å². The predicted molar refractivity (Wildman–Crippen MR) is 86.2 cm³/mol. The van der Waals surface area contributed by atoms with Gasteiger partial charge in [0.15, 0.2) is 5.82 Å². The summed E-state index contributed by atoms with van der Waals surface area (Å²) in [5.41, 5.74) is 1.69. The summed E-state index contributed by atoms with van der Waals surface area (Å²) < 4.78 is 10.3. The van der Waals surface area contributed by atoms with E-state index in [-0.39, 0.29) is 0 Å². The maximum Gasteiger partial charge on any atom is 0.244 e. The molecule has 1 aromatic heterocycles. The van der Waals surface area contributed by atoms with Crippen LogP contribution in [0.25, 0.3) is 0 Å². The summed E-state index contributed by atoms with van der Waals surface area (Å²) in [6.45, 7) is 3.08. The monoisotopic (exact) mass is 323 g/mol. The largest absolute Gasteiger partial charge is 0.495 e. The lowest BCUT2D eigenvalue weighted by atomic mass is 10.2. The summed E-state index contributed by atoms with van der Waals surface area (Å²) >= 11 is 6.10. The Bertz CT molecular complexity index is 639. The number of rotatable bonds is 7. The average Bonchev–Trinajstić information content (AvgIpc) is 2.51. The second-order valence-electron chi connectivity index (χ2n) is 4.51. The first-order valence-corrected chi connectivity index (χ1v) is 7.05. The average molecular weight is 324 g/mol. The number of nitrogens with zero attached hydrogens (tertiary/aromatic N) is 3. The third kappa shape index (κ3) is 4.19. The fourth-order valence-corrected chi connectivity index (χ4v) is 1.93. The van der Waals surface area contributed by atoms with E-state index < -0.39 is 0 Å². The number of halogens is 1. The molecule has 0 aliphatic carbocycles. The third-order valence-electron chi connectivity index (χ3n) is 2.89. The van der Waals surface area contributed by atoms with Gasteiger partial charge in [0.1, 0.15) is 5.75 Å². The minimum absolute atomic E-state index is 0.423. The van der Waals surface area contributed by atoms with Crippen LogP contribution < -0.4 is 15.4 Å². The highest BCUT2D eigenvalue weighted by Crippen LogP contribution is 2.32. The number of hydrogen-bond donors (Lipinski definition) is 2. The fourth-order valence-electron chi connectivity index (χ4n) is 1.77. The third-order valence-corrected chi connectivity index (χ3v) is 3.30. The van der Waals surface area contributed by atoms with Gasteiger partial charge in [-0.3, -0.25) is 0 Å². The van der Waals surface area contributed by atoms with Crippen molar-refractivity contribution in [3.05, 3.63) is 28.9 Å². The number of ether oxygens (including phenoxy) is 2. The molecule has 1 aromatic carbocycles. The molecule has 118 valence electrons. The number of nitrogens with one attached hydrogen (secondary N) is 2. The summed E-state index contributed by atoms with van der Waals surface area (Å²) in [4.78, 5) is 4.33. The van der Waals surface area contributed by atoms with E-state index in [0.717, 1.165) is 11.3 Å². The second kappa shape index (κ2) is 7.77. The van der Waals surface area contributed by atoms with Crippen molar-refractivity contribution in [2.45, 2.75) is 6.92 Å². The van der Waals surface area contributed by atoms with Gasteiger partial charge in [-0.1, -0.05) is 11.6 Å². The van der Waals surface area contributed by atoms with Crippen LogP contribution in [0.2, 0.25) is 5.02 Å². The van der Waals surface area contributed by atoms with Gasteiger partial charge in [0.25, 0.3) is 0 Å². The topological polar surface area (TPSA) is 81.2 Å². The normalized spacial score (nSPS) is 10.4. The molecule has 2 aromatic rings. The zero-order chi connectivity index (χ0) is 15.9. The highest BCUT2D eigenvalue weighted by atomic mass is 35.5. The van der Waals surface area contributed by atoms with Crippen molar-refractivity contribution in [3.63, 3.8) is 0 Å². The van der Waals surface area contributed by atoms with E-state index >= 15 is 0 Å². The molecule has 7 nitrogen and oxygen atoms in total. The molecule has 1 heterocycles. The van der Waals surface area contributed by atoms with Crippen LogP contribution in [0.3, 0.4) is 0 Å². The smallest absolute Gasteiger partial charge is 0.244 e. The van der Waals surface area contributed by atoms with Gasteiger partial charge in [-0.25, -0.2) is 0 Å². The lowest BCUT2D eigenvalue weighted by molar-refractivity contribution is 0.210. The molecule has 0 unspecified atom stereocenters. The van der Waals surface area contributed by atoms with Gasteiger partial charge in [-0.05, 0) is 18.6 Å². The van der Waals surface area contributed by atoms with E-state index in [1.54, 1.807) is 20.3 Å². The molecule has 0 aliphatic heterocycles. The molecule has 0 saturated carbocycles. The van der Waals surface area contributed by atoms with Crippen molar-refractivity contribution in [2.24, 2.45) is 0 Å². The molecule has 0 atom stereocenters. The zero-order valence-corrected chi connectivity index (χ0v) is 13.4. The molecule has 0 amide bonds. The van der Waals surface area contributed by atoms with Gasteiger partial charge >= 0.3 is 0 Å². The quantitative estimate of drug-likeness (QED) is 0.758. The number of anilines is 3. The first-order valence-electron chi connectivity index (χ1n) is 6.67. The summed E-state index contributed by atoms with van der Waals surface area (Å²) in [7, 11) is 3.22. The van der Waals surface area contributed by atoms with Crippen molar-refractivity contribution in [3.8, 4) is 5.75 Å². The maximum absolute atomic E-state index is 6.10. The number of methoxy groups -OCH3 is 2. The molecule has 0 bridgehead atoms. The van der Waals surface area contributed by atoms with Crippen molar-refractivity contribution < 1.29 is 9.47 Å². The Balaban J connectivity index is 2.16. The van der Waals surface area contributed by atoms with Crippen LogP contribution in [-0.4, -0.2) is 42.6 Å². The molecule has 0 spiro atoms. The van der Waals surface area contributed by atoms with Crippen LogP contribution in [0.4, 0.5) is 17.5 Å². The fraction of sp³-hybridized carbons (Fsp3) is 0.357. The van der Waals surface area contributed by atoms with Gasteiger partial charge in [0.2, 0.25) is 5.95 Å². The summed E-state index contributed by atoms with van der Waals surface area (Å²) in [5, 5.41) is 14.6. The molecule has 0 saturated heterocycles. The number of benzene rings is 1. The van der Waals surface area contributed by atoms with Crippen molar-refractivity contribution >= 4 is 29.1 Å². The maximum atomic E-state index is 6.10. The van der Waals surface area contributed by atoms with E-state index in [2.05, 4.69) is 25.8 Å². The molecular formula is C14H18ClN5O2. The Hall–Kier alpha value is -2.12. The number of hydrogen-bond acceptors (Lipinski definition) is 7. The summed E-state index contributed by atoms with van der Waals surface area (Å²) in [5.74, 6) is 1.60. The van der Waals surface area contributed by atoms with E-state index in [4.69, 9.17) is 21.1 Å². The lowest BCUT2D eigenvalue weighted by Gasteiger charge is -2.13. The van der Waals surface area contributed by atoms with Crippen molar-refractivity contribution in [1.29, 1.82) is 0 Å². The molecular weight excluding hydrogens is 306 g/mol. The standard InChI is InChI=1S/C14H18ClN5O2/c1-9-6-11(12(22-3)7-10(9)15)18-13-8-17-20-14(19-13)16-4-5-21-2/h6-8H,4-5H2,1-3H3,(H2,16,18,19,20).